The highest BCUT2D eigenvalue weighted by atomic mass is 16.6. The molecule has 3 rings (SSSR count). The van der Waals surface area contributed by atoms with Crippen molar-refractivity contribution >= 4 is 11.5 Å². The number of benzene rings is 1. The first-order valence-electron chi connectivity index (χ1n) is 5.83. The summed E-state index contributed by atoms with van der Waals surface area (Å²) in [7, 11) is 0. The van der Waals surface area contributed by atoms with Crippen LogP contribution in [0.2, 0.25) is 0 Å². The summed E-state index contributed by atoms with van der Waals surface area (Å²) in [5.74, 6) is -0.0784. The van der Waals surface area contributed by atoms with Crippen LogP contribution in [0.25, 0.3) is 16.9 Å². The first-order chi connectivity index (χ1) is 9.70. The number of imidazole rings is 1. The van der Waals surface area contributed by atoms with Gasteiger partial charge >= 0.3 is 5.82 Å². The van der Waals surface area contributed by atoms with Gasteiger partial charge in [0.25, 0.3) is 0 Å². The Balaban J connectivity index is 2.27. The summed E-state index contributed by atoms with van der Waals surface area (Å²) in [6.45, 7) is 0. The zero-order valence-corrected chi connectivity index (χ0v) is 10.2. The quantitative estimate of drug-likeness (QED) is 0.526. The maximum Gasteiger partial charge on any atom is 0.355 e. The molecule has 6 heteroatoms. The first-order valence-corrected chi connectivity index (χ1v) is 5.83. The lowest BCUT2D eigenvalue weighted by atomic mass is 10.1. The van der Waals surface area contributed by atoms with Crippen LogP contribution in [0.4, 0.5) is 5.82 Å². The molecule has 0 unspecified atom stereocenters. The number of hydrogen-bond donors (Lipinski definition) is 0. The van der Waals surface area contributed by atoms with E-state index >= 15 is 0 Å². The molecule has 3 aromatic rings. The van der Waals surface area contributed by atoms with E-state index in [1.54, 1.807) is 48.7 Å². The lowest BCUT2D eigenvalue weighted by Crippen LogP contribution is -1.95. The molecule has 0 spiro atoms. The smallest absolute Gasteiger partial charge is 0.355 e. The summed E-state index contributed by atoms with van der Waals surface area (Å²) in [5, 5.41) is 20.1. The van der Waals surface area contributed by atoms with E-state index in [0.717, 1.165) is 0 Å². The van der Waals surface area contributed by atoms with E-state index in [1.807, 2.05) is 6.07 Å². The van der Waals surface area contributed by atoms with Crippen molar-refractivity contribution in [3.8, 4) is 17.3 Å². The topological polar surface area (TPSA) is 84.2 Å². The molecule has 0 amide bonds. The maximum absolute atomic E-state index is 11.3. The number of nitrogens with zero attached hydrogens (tertiary/aromatic N) is 4. The molecule has 0 aliphatic rings. The van der Waals surface area contributed by atoms with Gasteiger partial charge in [0, 0.05) is 11.6 Å². The van der Waals surface area contributed by atoms with Crippen LogP contribution >= 0.6 is 0 Å². The maximum atomic E-state index is 11.3. The van der Waals surface area contributed by atoms with Crippen molar-refractivity contribution in [3.05, 3.63) is 64.3 Å². The third kappa shape index (κ3) is 1.78. The fraction of sp³-hybridized carbons (Fsp3) is 0. The number of nitriles is 1. The second-order valence-corrected chi connectivity index (χ2v) is 4.16. The van der Waals surface area contributed by atoms with Gasteiger partial charge in [0.05, 0.1) is 17.8 Å². The van der Waals surface area contributed by atoms with E-state index in [4.69, 9.17) is 5.26 Å². The monoisotopic (exact) mass is 264 g/mol. The lowest BCUT2D eigenvalue weighted by Gasteiger charge is -1.98. The molecule has 0 bridgehead atoms. The molecular weight excluding hydrogens is 256 g/mol. The Kier molecular flexibility index (Phi) is 2.66. The summed E-state index contributed by atoms with van der Waals surface area (Å²) < 4.78 is 1.44. The normalized spacial score (nSPS) is 10.3. The Morgan fingerprint density at radius 2 is 1.95 bits per heavy atom. The molecule has 2 aromatic heterocycles. The standard InChI is InChI=1S/C14H8N4O2/c15-9-10-4-6-11(7-5-10)13-14(18(19)20)17-8-2-1-3-12(17)16-13/h1-8H. The number of fused-ring (bicyclic) bond motifs is 1. The summed E-state index contributed by atoms with van der Waals surface area (Å²) in [6.07, 6.45) is 1.60. The minimum Gasteiger partial charge on any atom is -0.358 e. The molecular formula is C14H8N4O2. The molecule has 1 aromatic carbocycles. The Hall–Kier alpha value is -3.20. The lowest BCUT2D eigenvalue weighted by molar-refractivity contribution is -0.389. The average molecular weight is 264 g/mol. The molecule has 0 atom stereocenters. The predicted molar refractivity (Wildman–Crippen MR) is 72.0 cm³/mol. The van der Waals surface area contributed by atoms with Crippen LogP contribution in [0.3, 0.4) is 0 Å². The Labute approximate surface area is 113 Å². The van der Waals surface area contributed by atoms with Crippen LogP contribution in [0, 0.1) is 21.4 Å². The number of rotatable bonds is 2. The van der Waals surface area contributed by atoms with E-state index in [2.05, 4.69) is 4.98 Å². The van der Waals surface area contributed by atoms with E-state index in [0.29, 0.717) is 22.5 Å². The Morgan fingerprint density at radius 1 is 1.20 bits per heavy atom. The summed E-state index contributed by atoms with van der Waals surface area (Å²) >= 11 is 0. The van der Waals surface area contributed by atoms with Gasteiger partial charge in [-0.25, -0.2) is 0 Å². The fourth-order valence-corrected chi connectivity index (χ4v) is 2.05. The van der Waals surface area contributed by atoms with Crippen molar-refractivity contribution in [2.75, 3.05) is 0 Å². The third-order valence-electron chi connectivity index (χ3n) is 2.97. The van der Waals surface area contributed by atoms with Crippen molar-refractivity contribution in [1.29, 1.82) is 5.26 Å². The van der Waals surface area contributed by atoms with Crippen LogP contribution in [0.1, 0.15) is 5.56 Å². The van der Waals surface area contributed by atoms with Crippen LogP contribution < -0.4 is 0 Å². The molecule has 0 saturated carbocycles. The highest BCUT2D eigenvalue weighted by Gasteiger charge is 2.23. The van der Waals surface area contributed by atoms with Gasteiger partial charge in [-0.3, -0.25) is 0 Å². The van der Waals surface area contributed by atoms with Gasteiger partial charge in [-0.15, -0.1) is 0 Å². The number of nitro groups is 1. The van der Waals surface area contributed by atoms with Crippen molar-refractivity contribution in [2.45, 2.75) is 0 Å². The third-order valence-corrected chi connectivity index (χ3v) is 2.97. The molecule has 6 nitrogen and oxygen atoms in total. The van der Waals surface area contributed by atoms with Crippen molar-refractivity contribution in [2.24, 2.45) is 0 Å². The Bertz CT molecular complexity index is 844. The molecule has 0 aliphatic carbocycles. The summed E-state index contributed by atoms with van der Waals surface area (Å²) in [4.78, 5) is 15.1. The van der Waals surface area contributed by atoms with Gasteiger partial charge in [0.15, 0.2) is 5.69 Å². The van der Waals surface area contributed by atoms with Crippen LogP contribution in [-0.2, 0) is 0 Å². The molecule has 2 heterocycles. The van der Waals surface area contributed by atoms with E-state index in [-0.39, 0.29) is 5.82 Å². The second kappa shape index (κ2) is 4.48. The molecule has 20 heavy (non-hydrogen) atoms. The van der Waals surface area contributed by atoms with Crippen molar-refractivity contribution in [3.63, 3.8) is 0 Å². The van der Waals surface area contributed by atoms with Gasteiger partial charge in [-0.1, -0.05) is 18.2 Å². The highest BCUT2D eigenvalue weighted by Crippen LogP contribution is 2.30. The van der Waals surface area contributed by atoms with Gasteiger partial charge < -0.3 is 10.1 Å². The molecule has 0 aliphatic heterocycles. The zero-order chi connectivity index (χ0) is 14.1. The molecule has 0 fully saturated rings. The highest BCUT2D eigenvalue weighted by molar-refractivity contribution is 5.72. The second-order valence-electron chi connectivity index (χ2n) is 4.16. The zero-order valence-electron chi connectivity index (χ0n) is 10.2. The predicted octanol–water partition coefficient (Wildman–Crippen LogP) is 2.78. The molecule has 96 valence electrons. The van der Waals surface area contributed by atoms with Gasteiger partial charge in [-0.05, 0) is 23.1 Å². The van der Waals surface area contributed by atoms with Crippen molar-refractivity contribution < 1.29 is 4.92 Å². The van der Waals surface area contributed by atoms with E-state index in [9.17, 15) is 10.1 Å². The molecule has 0 saturated heterocycles. The number of aromatic nitrogens is 2. The summed E-state index contributed by atoms with van der Waals surface area (Å²) in [5.41, 5.74) is 1.92. The number of pyridine rings is 1. The van der Waals surface area contributed by atoms with Gasteiger partial charge in [0.1, 0.15) is 0 Å². The summed E-state index contributed by atoms with van der Waals surface area (Å²) in [6, 6.07) is 13.8. The van der Waals surface area contributed by atoms with E-state index < -0.39 is 4.92 Å². The minimum absolute atomic E-state index is 0.0784. The molecule has 0 radical (unpaired) electrons. The SMILES string of the molecule is N#Cc1ccc(-c2nc3ccccn3c2[N+](=O)[O-])cc1. The average Bonchev–Trinajstić information content (AvgIpc) is 2.86. The van der Waals surface area contributed by atoms with Crippen LogP contribution in [0.15, 0.2) is 48.7 Å². The first kappa shape index (κ1) is 11.9. The Morgan fingerprint density at radius 3 is 2.60 bits per heavy atom. The van der Waals surface area contributed by atoms with Gasteiger partial charge in [-0.2, -0.15) is 14.6 Å². The van der Waals surface area contributed by atoms with E-state index in [1.165, 1.54) is 4.40 Å². The minimum atomic E-state index is -0.451. The largest absolute Gasteiger partial charge is 0.358 e. The molecule has 0 N–H and O–H groups in total. The number of hydrogen-bond acceptors (Lipinski definition) is 4. The fourth-order valence-electron chi connectivity index (χ4n) is 2.05. The van der Waals surface area contributed by atoms with Gasteiger partial charge in [0.2, 0.25) is 5.65 Å². The van der Waals surface area contributed by atoms with Crippen LogP contribution in [-0.4, -0.2) is 14.3 Å². The van der Waals surface area contributed by atoms with Crippen molar-refractivity contribution in [1.82, 2.24) is 9.38 Å². The van der Waals surface area contributed by atoms with Crippen LogP contribution in [0.5, 0.6) is 0 Å².